The molecular formula is C18H19N2+. The summed E-state index contributed by atoms with van der Waals surface area (Å²) in [5.41, 5.74) is 3.56. The van der Waals surface area contributed by atoms with Crippen molar-refractivity contribution in [1.82, 2.24) is 4.98 Å². The highest BCUT2D eigenvalue weighted by Gasteiger charge is 2.08. The molecule has 0 amide bonds. The van der Waals surface area contributed by atoms with E-state index < -0.39 is 0 Å². The minimum Gasteiger partial charge on any atom is -0.335 e. The van der Waals surface area contributed by atoms with E-state index in [0.717, 1.165) is 17.8 Å². The Morgan fingerprint density at radius 1 is 0.900 bits per heavy atom. The molecule has 3 aromatic rings. The van der Waals surface area contributed by atoms with Crippen LogP contribution in [0.5, 0.6) is 0 Å². The molecule has 0 saturated carbocycles. The molecule has 2 nitrogen and oxygen atoms in total. The number of rotatable bonds is 4. The van der Waals surface area contributed by atoms with E-state index >= 15 is 0 Å². The molecule has 2 N–H and O–H groups in total. The Kier molecular flexibility index (Phi) is 3.75. The second-order valence-corrected chi connectivity index (χ2v) is 5.13. The highest BCUT2D eigenvalue weighted by Crippen LogP contribution is 2.11. The smallest absolute Gasteiger partial charge is 0.119 e. The molecule has 0 spiro atoms. The van der Waals surface area contributed by atoms with Crippen LogP contribution in [0.15, 0.2) is 66.7 Å². The predicted molar refractivity (Wildman–Crippen MR) is 82.2 cm³/mol. The monoisotopic (exact) mass is 263 g/mol. The summed E-state index contributed by atoms with van der Waals surface area (Å²) in [5, 5.41) is 3.53. The van der Waals surface area contributed by atoms with E-state index in [1.165, 1.54) is 10.9 Å². The van der Waals surface area contributed by atoms with Gasteiger partial charge in [-0.2, -0.15) is 0 Å². The van der Waals surface area contributed by atoms with E-state index in [1.54, 1.807) is 0 Å². The third kappa shape index (κ3) is 2.86. The van der Waals surface area contributed by atoms with Crippen LogP contribution in [0.4, 0.5) is 0 Å². The van der Waals surface area contributed by atoms with E-state index in [1.807, 2.05) is 12.1 Å². The maximum absolute atomic E-state index is 4.71. The molecule has 2 aromatic carbocycles. The molecular weight excluding hydrogens is 244 g/mol. The summed E-state index contributed by atoms with van der Waals surface area (Å²) in [6.07, 6.45) is 0. The summed E-state index contributed by atoms with van der Waals surface area (Å²) in [6.45, 7) is 3.14. The first kappa shape index (κ1) is 12.8. The van der Waals surface area contributed by atoms with E-state index in [9.17, 15) is 0 Å². The van der Waals surface area contributed by atoms with Gasteiger partial charge in [0, 0.05) is 10.9 Å². The lowest BCUT2D eigenvalue weighted by Crippen LogP contribution is -2.83. The molecule has 100 valence electrons. The van der Waals surface area contributed by atoms with Gasteiger partial charge >= 0.3 is 0 Å². The summed E-state index contributed by atoms with van der Waals surface area (Å²) in [6, 6.07) is 23.6. The van der Waals surface area contributed by atoms with Crippen molar-refractivity contribution >= 4 is 10.9 Å². The van der Waals surface area contributed by atoms with Crippen LogP contribution in [-0.2, 0) is 6.54 Å². The Morgan fingerprint density at radius 2 is 1.65 bits per heavy atom. The molecule has 0 bridgehead atoms. The first-order valence-corrected chi connectivity index (χ1v) is 7.06. The summed E-state index contributed by atoms with van der Waals surface area (Å²) < 4.78 is 0. The lowest BCUT2D eigenvalue weighted by molar-refractivity contribution is -0.708. The van der Waals surface area contributed by atoms with Crippen LogP contribution < -0.4 is 5.32 Å². The van der Waals surface area contributed by atoms with E-state index in [0.29, 0.717) is 6.04 Å². The molecule has 1 heterocycles. The molecule has 3 rings (SSSR count). The fourth-order valence-electron chi connectivity index (χ4n) is 2.41. The first-order valence-electron chi connectivity index (χ1n) is 7.06. The second-order valence-electron chi connectivity index (χ2n) is 5.13. The predicted octanol–water partition coefficient (Wildman–Crippen LogP) is 3.06. The van der Waals surface area contributed by atoms with Gasteiger partial charge in [-0.25, -0.2) is 4.98 Å². The molecule has 0 aliphatic carbocycles. The summed E-state index contributed by atoms with van der Waals surface area (Å²) in [4.78, 5) is 4.71. The topological polar surface area (TPSA) is 29.5 Å². The van der Waals surface area contributed by atoms with Crippen molar-refractivity contribution in [3.8, 4) is 0 Å². The van der Waals surface area contributed by atoms with Crippen molar-refractivity contribution in [2.24, 2.45) is 0 Å². The minimum absolute atomic E-state index is 0.449. The molecule has 0 saturated heterocycles. The van der Waals surface area contributed by atoms with E-state index in [2.05, 4.69) is 66.8 Å². The lowest BCUT2D eigenvalue weighted by atomic mass is 10.1. The van der Waals surface area contributed by atoms with Crippen LogP contribution >= 0.6 is 0 Å². The first-order chi connectivity index (χ1) is 9.83. The van der Waals surface area contributed by atoms with Crippen molar-refractivity contribution in [1.29, 1.82) is 0 Å². The zero-order chi connectivity index (χ0) is 13.8. The third-order valence-corrected chi connectivity index (χ3v) is 3.66. The molecule has 1 aromatic heterocycles. The number of nitrogens with two attached hydrogens (primary N) is 1. The van der Waals surface area contributed by atoms with Gasteiger partial charge in [-0.1, -0.05) is 54.6 Å². The Labute approximate surface area is 119 Å². The number of quaternary nitrogens is 1. The summed E-state index contributed by atoms with van der Waals surface area (Å²) in [5.74, 6) is 0. The summed E-state index contributed by atoms with van der Waals surface area (Å²) >= 11 is 0. The van der Waals surface area contributed by atoms with Crippen molar-refractivity contribution in [3.63, 3.8) is 0 Å². The standard InChI is InChI=1S/C18H18N2/c1-14(15-7-3-2-4-8-15)19-13-17-12-11-16-9-5-6-10-18(16)20-17/h2-12,14,19H,13H2,1H3/p+1/t14-/m1/s1. The Morgan fingerprint density at radius 3 is 2.50 bits per heavy atom. The van der Waals surface area contributed by atoms with Gasteiger partial charge in [0.1, 0.15) is 12.6 Å². The van der Waals surface area contributed by atoms with Gasteiger partial charge < -0.3 is 5.32 Å². The van der Waals surface area contributed by atoms with Gasteiger partial charge in [0.25, 0.3) is 0 Å². The zero-order valence-corrected chi connectivity index (χ0v) is 11.7. The lowest BCUT2D eigenvalue weighted by Gasteiger charge is -2.10. The number of aromatic nitrogens is 1. The maximum Gasteiger partial charge on any atom is 0.119 e. The molecule has 20 heavy (non-hydrogen) atoms. The van der Waals surface area contributed by atoms with Crippen LogP contribution in [-0.4, -0.2) is 4.98 Å². The van der Waals surface area contributed by atoms with Gasteiger partial charge in [0.05, 0.1) is 11.2 Å². The molecule has 0 aliphatic rings. The Balaban J connectivity index is 1.70. The highest BCUT2D eigenvalue weighted by molar-refractivity contribution is 5.78. The van der Waals surface area contributed by atoms with Crippen LogP contribution in [0, 0.1) is 0 Å². The summed E-state index contributed by atoms with van der Waals surface area (Å²) in [7, 11) is 0. The molecule has 0 radical (unpaired) electrons. The van der Waals surface area contributed by atoms with Gasteiger partial charge in [-0.3, -0.25) is 0 Å². The number of hydrogen-bond donors (Lipinski definition) is 1. The second kappa shape index (κ2) is 5.85. The number of para-hydroxylation sites is 1. The number of benzene rings is 2. The fraction of sp³-hybridized carbons (Fsp3) is 0.167. The van der Waals surface area contributed by atoms with E-state index in [4.69, 9.17) is 4.98 Å². The largest absolute Gasteiger partial charge is 0.335 e. The van der Waals surface area contributed by atoms with Gasteiger partial charge in [-0.05, 0) is 19.1 Å². The van der Waals surface area contributed by atoms with Crippen LogP contribution in [0.3, 0.4) is 0 Å². The average molecular weight is 263 g/mol. The number of pyridine rings is 1. The Hall–Kier alpha value is -2.19. The van der Waals surface area contributed by atoms with Crippen molar-refractivity contribution in [2.75, 3.05) is 0 Å². The van der Waals surface area contributed by atoms with E-state index in [-0.39, 0.29) is 0 Å². The zero-order valence-electron chi connectivity index (χ0n) is 11.7. The fourth-order valence-corrected chi connectivity index (χ4v) is 2.41. The Bertz CT molecular complexity index is 692. The number of nitrogens with zero attached hydrogens (tertiary/aromatic N) is 1. The van der Waals surface area contributed by atoms with Crippen molar-refractivity contribution in [2.45, 2.75) is 19.5 Å². The number of fused-ring (bicyclic) bond motifs is 1. The van der Waals surface area contributed by atoms with Crippen LogP contribution in [0.2, 0.25) is 0 Å². The molecule has 0 aliphatic heterocycles. The molecule has 1 atom stereocenters. The van der Waals surface area contributed by atoms with Crippen molar-refractivity contribution < 1.29 is 5.32 Å². The van der Waals surface area contributed by atoms with Crippen LogP contribution in [0.25, 0.3) is 10.9 Å². The van der Waals surface area contributed by atoms with Gasteiger partial charge in [-0.15, -0.1) is 0 Å². The quantitative estimate of drug-likeness (QED) is 0.770. The SMILES string of the molecule is C[C@@H]([NH2+]Cc1ccc2ccccc2n1)c1ccccc1. The maximum atomic E-state index is 4.71. The van der Waals surface area contributed by atoms with Gasteiger partial charge in [0.2, 0.25) is 0 Å². The number of hydrogen-bond acceptors (Lipinski definition) is 1. The molecule has 0 unspecified atom stereocenters. The van der Waals surface area contributed by atoms with Crippen LogP contribution in [0.1, 0.15) is 24.2 Å². The minimum atomic E-state index is 0.449. The molecule has 0 fully saturated rings. The normalized spacial score (nSPS) is 12.4. The van der Waals surface area contributed by atoms with Crippen molar-refractivity contribution in [3.05, 3.63) is 78.0 Å². The third-order valence-electron chi connectivity index (χ3n) is 3.66. The molecule has 2 heteroatoms. The highest BCUT2D eigenvalue weighted by atomic mass is 14.9. The van der Waals surface area contributed by atoms with Gasteiger partial charge in [0.15, 0.2) is 0 Å². The average Bonchev–Trinajstić information content (AvgIpc) is 2.53.